The van der Waals surface area contributed by atoms with Gasteiger partial charge in [0.25, 0.3) is 0 Å². The fourth-order valence-electron chi connectivity index (χ4n) is 3.06. The molecule has 1 aromatic rings. The Kier molecular flexibility index (Phi) is 5.96. The van der Waals surface area contributed by atoms with Gasteiger partial charge in [0.15, 0.2) is 11.5 Å². The number of carbonyl (C=O) groups is 4. The molecule has 3 atom stereocenters. The number of benzene rings is 1. The number of phenols is 3. The first kappa shape index (κ1) is 20.8. The van der Waals surface area contributed by atoms with Crippen LogP contribution in [0.2, 0.25) is 0 Å². The summed E-state index contributed by atoms with van der Waals surface area (Å²) in [5, 5.41) is 29.9. The molecule has 0 saturated heterocycles. The van der Waals surface area contributed by atoms with Crippen molar-refractivity contribution in [2.75, 3.05) is 21.3 Å². The smallest absolute Gasteiger partial charge is 0.347 e. The first-order valence-corrected chi connectivity index (χ1v) is 7.89. The molecule has 0 unspecified atom stereocenters. The lowest BCUT2D eigenvalue weighted by molar-refractivity contribution is -0.160. The third kappa shape index (κ3) is 3.50. The fourth-order valence-corrected chi connectivity index (χ4v) is 3.06. The van der Waals surface area contributed by atoms with Crippen LogP contribution >= 0.6 is 0 Å². The van der Waals surface area contributed by atoms with Crippen molar-refractivity contribution >= 4 is 23.9 Å². The Balaban J connectivity index is 2.77. The van der Waals surface area contributed by atoms with E-state index in [9.17, 15) is 34.5 Å². The SMILES string of the molecule is COC(=O)C[C@@H](C(=O)OC)[C@H]1c2c(cc(O)c(O)c2O)C(=O)O[C@@H]1C(=O)OC. The maximum absolute atomic E-state index is 12.4. The Labute approximate surface area is 158 Å². The van der Waals surface area contributed by atoms with Crippen LogP contribution < -0.4 is 0 Å². The van der Waals surface area contributed by atoms with E-state index in [1.807, 2.05) is 0 Å². The van der Waals surface area contributed by atoms with E-state index in [4.69, 9.17) is 4.74 Å². The summed E-state index contributed by atoms with van der Waals surface area (Å²) in [7, 11) is 3.11. The van der Waals surface area contributed by atoms with Gasteiger partial charge in [0.1, 0.15) is 0 Å². The summed E-state index contributed by atoms with van der Waals surface area (Å²) in [5.41, 5.74) is -0.780. The zero-order valence-corrected chi connectivity index (χ0v) is 15.1. The van der Waals surface area contributed by atoms with Crippen molar-refractivity contribution in [1.29, 1.82) is 0 Å². The second-order valence-corrected chi connectivity index (χ2v) is 5.84. The quantitative estimate of drug-likeness (QED) is 0.346. The number of carbonyl (C=O) groups excluding carboxylic acids is 4. The number of hydrogen-bond acceptors (Lipinski definition) is 11. The number of fused-ring (bicyclic) bond motifs is 1. The fraction of sp³-hybridized carbons (Fsp3) is 0.412. The molecule has 0 saturated carbocycles. The summed E-state index contributed by atoms with van der Waals surface area (Å²) in [4.78, 5) is 48.6. The predicted octanol–water partition coefficient (Wildman–Crippen LogP) is -0.0487. The Morgan fingerprint density at radius 2 is 1.71 bits per heavy atom. The molecular weight excluding hydrogens is 380 g/mol. The number of hydrogen-bond donors (Lipinski definition) is 3. The molecule has 0 spiro atoms. The minimum Gasteiger partial charge on any atom is -0.504 e. The third-order valence-electron chi connectivity index (χ3n) is 4.39. The maximum atomic E-state index is 12.4. The summed E-state index contributed by atoms with van der Waals surface area (Å²) in [6.45, 7) is 0. The van der Waals surface area contributed by atoms with Gasteiger partial charge < -0.3 is 34.3 Å². The van der Waals surface area contributed by atoms with Gasteiger partial charge in [-0.15, -0.1) is 0 Å². The Bertz CT molecular complexity index is 829. The Morgan fingerprint density at radius 1 is 1.07 bits per heavy atom. The van der Waals surface area contributed by atoms with E-state index in [0.29, 0.717) is 0 Å². The van der Waals surface area contributed by atoms with E-state index in [-0.39, 0.29) is 5.56 Å². The molecule has 1 aliphatic rings. The van der Waals surface area contributed by atoms with Crippen LogP contribution in [-0.4, -0.2) is 66.6 Å². The molecule has 11 heteroatoms. The van der Waals surface area contributed by atoms with Crippen molar-refractivity contribution in [2.45, 2.75) is 18.4 Å². The highest BCUT2D eigenvalue weighted by molar-refractivity contribution is 5.98. The molecule has 28 heavy (non-hydrogen) atoms. The minimum absolute atomic E-state index is 0.374. The molecule has 0 fully saturated rings. The molecule has 1 heterocycles. The van der Waals surface area contributed by atoms with Crippen molar-refractivity contribution in [2.24, 2.45) is 5.92 Å². The van der Waals surface area contributed by atoms with Crippen molar-refractivity contribution in [3.8, 4) is 17.2 Å². The summed E-state index contributed by atoms with van der Waals surface area (Å²) in [5.74, 6) is -9.70. The van der Waals surface area contributed by atoms with Crippen LogP contribution in [0.5, 0.6) is 17.2 Å². The van der Waals surface area contributed by atoms with Gasteiger partial charge in [-0.1, -0.05) is 0 Å². The monoisotopic (exact) mass is 398 g/mol. The first-order valence-electron chi connectivity index (χ1n) is 7.89. The van der Waals surface area contributed by atoms with Crippen molar-refractivity contribution in [1.82, 2.24) is 0 Å². The van der Waals surface area contributed by atoms with Gasteiger partial charge in [0.05, 0.1) is 45.1 Å². The Morgan fingerprint density at radius 3 is 2.25 bits per heavy atom. The van der Waals surface area contributed by atoms with Gasteiger partial charge >= 0.3 is 23.9 Å². The summed E-state index contributed by atoms with van der Waals surface area (Å²) in [6, 6.07) is 0.805. The zero-order valence-electron chi connectivity index (χ0n) is 15.1. The molecule has 0 amide bonds. The number of cyclic esters (lactones) is 1. The van der Waals surface area contributed by atoms with Gasteiger partial charge in [-0.2, -0.15) is 0 Å². The van der Waals surface area contributed by atoms with E-state index in [2.05, 4.69) is 14.2 Å². The van der Waals surface area contributed by atoms with Crippen LogP contribution in [-0.2, 0) is 33.3 Å². The molecule has 2 rings (SSSR count). The number of phenolic OH excluding ortho intramolecular Hbond substituents is 3. The molecular formula is C17H18O11. The average Bonchev–Trinajstić information content (AvgIpc) is 2.69. The van der Waals surface area contributed by atoms with E-state index >= 15 is 0 Å². The highest BCUT2D eigenvalue weighted by Gasteiger charge is 2.50. The predicted molar refractivity (Wildman–Crippen MR) is 87.5 cm³/mol. The minimum atomic E-state index is -1.74. The van der Waals surface area contributed by atoms with Crippen LogP contribution in [0.1, 0.15) is 28.3 Å². The van der Waals surface area contributed by atoms with Crippen LogP contribution in [0.15, 0.2) is 6.07 Å². The van der Waals surface area contributed by atoms with Gasteiger partial charge in [0.2, 0.25) is 11.9 Å². The standard InChI is InChI=1S/C17H18O11/c1-25-9(19)5-7(15(22)26-2)11-10-6(4-8(18)12(20)13(10)21)16(23)28-14(11)17(24)27-3/h4,7,11,14,18,20-21H,5H2,1-3H3/t7-,11+,14+/m1/s1. The molecule has 1 aliphatic heterocycles. The molecule has 3 N–H and O–H groups in total. The molecule has 11 nitrogen and oxygen atoms in total. The third-order valence-corrected chi connectivity index (χ3v) is 4.39. The number of methoxy groups -OCH3 is 3. The summed E-state index contributed by atoms with van der Waals surface area (Å²) < 4.78 is 18.9. The highest BCUT2D eigenvalue weighted by atomic mass is 16.6. The van der Waals surface area contributed by atoms with E-state index in [1.54, 1.807) is 0 Å². The number of esters is 4. The number of ether oxygens (including phenoxy) is 4. The number of rotatable bonds is 5. The molecule has 1 aromatic carbocycles. The Hall–Kier alpha value is -3.50. The van der Waals surface area contributed by atoms with Gasteiger partial charge in [0, 0.05) is 5.56 Å². The molecule has 0 aliphatic carbocycles. The maximum Gasteiger partial charge on any atom is 0.347 e. The average molecular weight is 398 g/mol. The molecule has 152 valence electrons. The largest absolute Gasteiger partial charge is 0.504 e. The lowest BCUT2D eigenvalue weighted by Crippen LogP contribution is -2.44. The zero-order chi connectivity index (χ0) is 21.2. The molecule has 0 radical (unpaired) electrons. The lowest BCUT2D eigenvalue weighted by Gasteiger charge is -2.35. The van der Waals surface area contributed by atoms with Gasteiger partial charge in [-0.05, 0) is 6.07 Å². The molecule has 0 aromatic heterocycles. The topological polar surface area (TPSA) is 166 Å². The lowest BCUT2D eigenvalue weighted by atomic mass is 9.76. The van der Waals surface area contributed by atoms with Crippen LogP contribution in [0.25, 0.3) is 0 Å². The second-order valence-electron chi connectivity index (χ2n) is 5.84. The van der Waals surface area contributed by atoms with E-state index in [1.165, 1.54) is 0 Å². The van der Waals surface area contributed by atoms with Crippen molar-refractivity contribution < 1.29 is 53.4 Å². The normalized spacial score (nSPS) is 19.0. The summed E-state index contributed by atoms with van der Waals surface area (Å²) >= 11 is 0. The van der Waals surface area contributed by atoms with Gasteiger partial charge in [-0.25, -0.2) is 9.59 Å². The molecule has 0 bridgehead atoms. The first-order chi connectivity index (χ1) is 13.2. The van der Waals surface area contributed by atoms with Crippen molar-refractivity contribution in [3.05, 3.63) is 17.2 Å². The van der Waals surface area contributed by atoms with Crippen LogP contribution in [0.4, 0.5) is 0 Å². The van der Waals surface area contributed by atoms with E-state index < -0.39 is 71.0 Å². The number of aromatic hydroxyl groups is 3. The second kappa shape index (κ2) is 8.03. The van der Waals surface area contributed by atoms with E-state index in [0.717, 1.165) is 27.4 Å². The highest BCUT2D eigenvalue weighted by Crippen LogP contribution is 2.49. The van der Waals surface area contributed by atoms with Crippen molar-refractivity contribution in [3.63, 3.8) is 0 Å². The summed E-state index contributed by atoms with van der Waals surface area (Å²) in [6.07, 6.45) is -2.34. The van der Waals surface area contributed by atoms with Crippen LogP contribution in [0, 0.1) is 5.92 Å². The van der Waals surface area contributed by atoms with Gasteiger partial charge in [-0.3, -0.25) is 9.59 Å². The van der Waals surface area contributed by atoms with Crippen LogP contribution in [0.3, 0.4) is 0 Å².